The first-order valence-corrected chi connectivity index (χ1v) is 12.8. The lowest BCUT2D eigenvalue weighted by Crippen LogP contribution is -2.46. The van der Waals surface area contributed by atoms with E-state index in [0.29, 0.717) is 37.5 Å². The van der Waals surface area contributed by atoms with Gasteiger partial charge in [-0.1, -0.05) is 19.0 Å². The van der Waals surface area contributed by atoms with E-state index in [1.165, 1.54) is 4.31 Å². The van der Waals surface area contributed by atoms with Crippen molar-refractivity contribution in [3.8, 4) is 17.1 Å². The van der Waals surface area contributed by atoms with Crippen LogP contribution in [0.5, 0.6) is 5.75 Å². The van der Waals surface area contributed by atoms with Gasteiger partial charge < -0.3 is 9.26 Å². The van der Waals surface area contributed by atoms with Crippen LogP contribution in [0.25, 0.3) is 11.4 Å². The van der Waals surface area contributed by atoms with Gasteiger partial charge in [0.2, 0.25) is 21.7 Å². The van der Waals surface area contributed by atoms with Crippen LogP contribution in [0, 0.1) is 16.7 Å². The number of aromatic nitrogens is 2. The van der Waals surface area contributed by atoms with Crippen LogP contribution >= 0.6 is 0 Å². The van der Waals surface area contributed by atoms with Gasteiger partial charge >= 0.3 is 0 Å². The van der Waals surface area contributed by atoms with Gasteiger partial charge in [-0.3, -0.25) is 4.79 Å². The normalized spacial score (nSPS) is 29.7. The molecule has 0 spiro atoms. The molecular weight excluding hydrogens is 430 g/mol. The van der Waals surface area contributed by atoms with E-state index in [0.717, 1.165) is 24.2 Å². The van der Waals surface area contributed by atoms with Crippen LogP contribution in [0.15, 0.2) is 28.8 Å². The summed E-state index contributed by atoms with van der Waals surface area (Å²) in [7, 11) is -2.09. The molecule has 32 heavy (non-hydrogen) atoms. The number of rotatable bonds is 6. The van der Waals surface area contributed by atoms with Gasteiger partial charge in [-0.05, 0) is 61.3 Å². The van der Waals surface area contributed by atoms with E-state index in [-0.39, 0.29) is 22.9 Å². The number of carbonyl (C=O) groups excluding carboxylic acids is 1. The zero-order chi connectivity index (χ0) is 22.7. The lowest BCUT2D eigenvalue weighted by atomic mass is 9.70. The first-order valence-electron chi connectivity index (χ1n) is 11.2. The van der Waals surface area contributed by atoms with Crippen molar-refractivity contribution in [1.29, 1.82) is 0 Å². The van der Waals surface area contributed by atoms with Gasteiger partial charge in [0, 0.05) is 23.9 Å². The summed E-state index contributed by atoms with van der Waals surface area (Å²) in [6, 6.07) is 6.80. The molecule has 0 amide bonds. The third-order valence-electron chi connectivity index (χ3n) is 8.20. The predicted molar refractivity (Wildman–Crippen MR) is 117 cm³/mol. The Balaban J connectivity index is 1.40. The summed E-state index contributed by atoms with van der Waals surface area (Å²) >= 11 is 0. The molecule has 9 heteroatoms. The fourth-order valence-corrected chi connectivity index (χ4v) is 8.51. The van der Waals surface area contributed by atoms with Gasteiger partial charge in [-0.25, -0.2) is 8.42 Å². The number of hydrogen-bond acceptors (Lipinski definition) is 7. The first kappa shape index (κ1) is 21.6. The molecule has 8 nitrogen and oxygen atoms in total. The minimum Gasteiger partial charge on any atom is -0.497 e. The maximum atomic E-state index is 13.6. The molecule has 3 atom stereocenters. The average molecular weight is 460 g/mol. The zero-order valence-corrected chi connectivity index (χ0v) is 19.5. The second-order valence-electron chi connectivity index (χ2n) is 9.88. The molecule has 0 N–H and O–H groups in total. The number of sulfonamides is 1. The summed E-state index contributed by atoms with van der Waals surface area (Å²) in [4.78, 5) is 17.4. The molecule has 2 heterocycles. The highest BCUT2D eigenvalue weighted by Gasteiger charge is 2.66. The molecule has 5 rings (SSSR count). The molecule has 1 saturated heterocycles. The molecule has 3 aliphatic rings. The number of fused-ring (bicyclic) bond motifs is 2. The number of carbonyl (C=O) groups is 1. The molecule has 2 saturated carbocycles. The Morgan fingerprint density at radius 3 is 2.59 bits per heavy atom. The SMILES string of the molecule is COc1ccc(-c2noc(C3CCCN3S(=O)(=O)CC34CCC(CC3=O)C4(C)C)n2)cc1. The number of nitrogens with zero attached hydrogens (tertiary/aromatic N) is 3. The molecule has 1 aromatic carbocycles. The number of ether oxygens (including phenoxy) is 1. The second kappa shape index (κ2) is 7.38. The van der Waals surface area contributed by atoms with E-state index in [1.807, 2.05) is 24.3 Å². The van der Waals surface area contributed by atoms with E-state index < -0.39 is 21.5 Å². The van der Waals surface area contributed by atoms with Crippen molar-refractivity contribution in [2.75, 3.05) is 19.4 Å². The summed E-state index contributed by atoms with van der Waals surface area (Å²) in [6.45, 7) is 4.53. The van der Waals surface area contributed by atoms with Crippen molar-refractivity contribution in [3.63, 3.8) is 0 Å². The number of hydrogen-bond donors (Lipinski definition) is 0. The Hall–Kier alpha value is -2.26. The molecule has 2 bridgehead atoms. The highest BCUT2D eigenvalue weighted by atomic mass is 32.2. The van der Waals surface area contributed by atoms with Gasteiger partial charge in [0.15, 0.2) is 0 Å². The Labute approximate surface area is 188 Å². The fraction of sp³-hybridized carbons (Fsp3) is 0.609. The van der Waals surface area contributed by atoms with Gasteiger partial charge in [0.25, 0.3) is 0 Å². The highest BCUT2D eigenvalue weighted by molar-refractivity contribution is 7.89. The van der Waals surface area contributed by atoms with Crippen LogP contribution in [0.3, 0.4) is 0 Å². The summed E-state index contributed by atoms with van der Waals surface area (Å²) in [6.07, 6.45) is 3.42. The molecule has 1 aliphatic heterocycles. The quantitative estimate of drug-likeness (QED) is 0.650. The van der Waals surface area contributed by atoms with E-state index in [1.54, 1.807) is 7.11 Å². The van der Waals surface area contributed by atoms with Crippen molar-refractivity contribution in [3.05, 3.63) is 30.2 Å². The molecule has 3 fully saturated rings. The van der Waals surface area contributed by atoms with E-state index in [9.17, 15) is 13.2 Å². The Morgan fingerprint density at radius 2 is 1.97 bits per heavy atom. The van der Waals surface area contributed by atoms with Crippen LogP contribution in [0.4, 0.5) is 0 Å². The summed E-state index contributed by atoms with van der Waals surface area (Å²) in [5, 5.41) is 4.08. The summed E-state index contributed by atoms with van der Waals surface area (Å²) in [5.74, 6) is 1.70. The molecule has 2 aliphatic carbocycles. The Morgan fingerprint density at radius 1 is 1.22 bits per heavy atom. The highest BCUT2D eigenvalue weighted by Crippen LogP contribution is 2.64. The summed E-state index contributed by atoms with van der Waals surface area (Å²) < 4.78 is 39.4. The van der Waals surface area contributed by atoms with Crippen LogP contribution in [0.2, 0.25) is 0 Å². The third-order valence-corrected chi connectivity index (χ3v) is 10.2. The molecule has 1 aromatic heterocycles. The number of Topliss-reactive ketones (excluding diaryl/α,β-unsaturated/α-hetero) is 1. The number of ketones is 1. The topological polar surface area (TPSA) is 103 Å². The Kier molecular flexibility index (Phi) is 4.98. The van der Waals surface area contributed by atoms with Crippen molar-refractivity contribution in [2.45, 2.75) is 52.0 Å². The number of benzene rings is 1. The van der Waals surface area contributed by atoms with Crippen LogP contribution in [0.1, 0.15) is 57.9 Å². The van der Waals surface area contributed by atoms with Gasteiger partial charge in [-0.15, -0.1) is 0 Å². The molecule has 3 unspecified atom stereocenters. The van der Waals surface area contributed by atoms with E-state index in [4.69, 9.17) is 9.26 Å². The monoisotopic (exact) mass is 459 g/mol. The minimum atomic E-state index is -3.68. The number of methoxy groups -OCH3 is 1. The first-order chi connectivity index (χ1) is 15.2. The van der Waals surface area contributed by atoms with E-state index >= 15 is 0 Å². The minimum absolute atomic E-state index is 0.109. The Bertz CT molecular complexity index is 1140. The lowest BCUT2D eigenvalue weighted by Gasteiger charge is -2.37. The molecule has 172 valence electrons. The maximum absolute atomic E-state index is 13.6. The molecule has 0 radical (unpaired) electrons. The van der Waals surface area contributed by atoms with Crippen molar-refractivity contribution >= 4 is 15.8 Å². The standard InChI is InChI=1S/C23H29N3O5S/c1-22(2)16-10-11-23(22,19(27)13-16)14-32(28,29)26-12-4-5-18(26)21-24-20(25-31-21)15-6-8-17(30-3)9-7-15/h6-9,16,18H,4-5,10-14H2,1-3H3. The smallest absolute Gasteiger partial charge is 0.245 e. The van der Waals surface area contributed by atoms with E-state index in [2.05, 4.69) is 24.0 Å². The maximum Gasteiger partial charge on any atom is 0.245 e. The van der Waals surface area contributed by atoms with Gasteiger partial charge in [0.05, 0.1) is 12.9 Å². The molecule has 2 aromatic rings. The van der Waals surface area contributed by atoms with Crippen LogP contribution in [-0.4, -0.2) is 48.1 Å². The lowest BCUT2D eigenvalue weighted by molar-refractivity contribution is -0.128. The van der Waals surface area contributed by atoms with Gasteiger partial charge in [-0.2, -0.15) is 9.29 Å². The largest absolute Gasteiger partial charge is 0.497 e. The second-order valence-corrected chi connectivity index (χ2v) is 11.8. The average Bonchev–Trinajstić information content (AvgIpc) is 3.51. The molecular formula is C23H29N3O5S. The van der Waals surface area contributed by atoms with Crippen LogP contribution < -0.4 is 4.74 Å². The predicted octanol–water partition coefficient (Wildman–Crippen LogP) is 3.61. The van der Waals surface area contributed by atoms with Crippen molar-refractivity contribution < 1.29 is 22.5 Å². The summed E-state index contributed by atoms with van der Waals surface area (Å²) in [5.41, 5.74) is -0.312. The third kappa shape index (κ3) is 3.12. The van der Waals surface area contributed by atoms with Crippen molar-refractivity contribution in [2.24, 2.45) is 16.7 Å². The van der Waals surface area contributed by atoms with Crippen molar-refractivity contribution in [1.82, 2.24) is 14.4 Å². The van der Waals surface area contributed by atoms with Crippen LogP contribution in [-0.2, 0) is 14.8 Å². The zero-order valence-electron chi connectivity index (χ0n) is 18.7. The van der Waals surface area contributed by atoms with Gasteiger partial charge in [0.1, 0.15) is 17.6 Å². The fourth-order valence-electron chi connectivity index (χ4n) is 6.05.